The number of sulfonamides is 1. The lowest BCUT2D eigenvalue weighted by Gasteiger charge is -2.31. The first kappa shape index (κ1) is 18.8. The molecule has 0 spiro atoms. The second kappa shape index (κ2) is 7.16. The van der Waals surface area contributed by atoms with Crippen LogP contribution in [0.25, 0.3) is 0 Å². The minimum Gasteiger partial charge on any atom is -0.354 e. The molecule has 1 fully saturated rings. The summed E-state index contributed by atoms with van der Waals surface area (Å²) < 4.78 is 39.6. The zero-order valence-electron chi connectivity index (χ0n) is 14.0. The summed E-state index contributed by atoms with van der Waals surface area (Å²) in [6.45, 7) is 4.41. The van der Waals surface area contributed by atoms with E-state index in [1.807, 2.05) is 0 Å². The maximum absolute atomic E-state index is 13.0. The molecule has 6 nitrogen and oxygen atoms in total. The van der Waals surface area contributed by atoms with Crippen molar-refractivity contribution < 1.29 is 17.6 Å². The number of carbonyl (C=O) groups excluding carboxylic acids is 1. The highest BCUT2D eigenvalue weighted by Gasteiger charge is 2.33. The summed E-state index contributed by atoms with van der Waals surface area (Å²) in [6, 6.07) is 4.71. The number of amides is 1. The lowest BCUT2D eigenvalue weighted by atomic mass is 9.98. The zero-order valence-corrected chi connectivity index (χ0v) is 14.8. The normalized spacial score (nSPS) is 19.9. The predicted octanol–water partition coefficient (Wildman–Crippen LogP) is 1.08. The number of carbonyl (C=O) groups is 1. The van der Waals surface area contributed by atoms with Crippen molar-refractivity contribution in [1.29, 1.82) is 0 Å². The Hall–Kier alpha value is -1.51. The number of nitrogens with zero attached hydrogens (tertiary/aromatic N) is 1. The predicted molar refractivity (Wildman–Crippen MR) is 89.2 cm³/mol. The van der Waals surface area contributed by atoms with Gasteiger partial charge >= 0.3 is 0 Å². The van der Waals surface area contributed by atoms with Crippen LogP contribution in [0.1, 0.15) is 26.7 Å². The van der Waals surface area contributed by atoms with Crippen LogP contribution in [-0.2, 0) is 14.8 Å². The number of benzene rings is 1. The number of piperidine rings is 1. The fraction of sp³-hybridized carbons (Fsp3) is 0.562. The fourth-order valence-corrected chi connectivity index (χ4v) is 4.11. The Labute approximate surface area is 142 Å². The van der Waals surface area contributed by atoms with Gasteiger partial charge in [-0.2, -0.15) is 4.31 Å². The van der Waals surface area contributed by atoms with Crippen molar-refractivity contribution >= 4 is 15.9 Å². The summed E-state index contributed by atoms with van der Waals surface area (Å²) in [6.07, 6.45) is 1.23. The van der Waals surface area contributed by atoms with E-state index >= 15 is 0 Å². The highest BCUT2D eigenvalue weighted by molar-refractivity contribution is 7.89. The molecule has 0 radical (unpaired) electrons. The minimum absolute atomic E-state index is 0.0352. The lowest BCUT2D eigenvalue weighted by Crippen LogP contribution is -2.50. The van der Waals surface area contributed by atoms with Crippen LogP contribution in [0.15, 0.2) is 29.2 Å². The van der Waals surface area contributed by atoms with Crippen molar-refractivity contribution in [3.05, 3.63) is 30.1 Å². The molecular weight excluding hydrogens is 333 g/mol. The summed E-state index contributed by atoms with van der Waals surface area (Å²) in [5.74, 6) is -1.09. The van der Waals surface area contributed by atoms with Crippen molar-refractivity contribution in [1.82, 2.24) is 9.62 Å². The minimum atomic E-state index is -3.73. The van der Waals surface area contributed by atoms with Crippen LogP contribution in [0.2, 0.25) is 0 Å². The van der Waals surface area contributed by atoms with Gasteiger partial charge in [-0.3, -0.25) is 4.79 Å². The van der Waals surface area contributed by atoms with Crippen molar-refractivity contribution in [2.24, 2.45) is 11.7 Å². The molecule has 1 saturated heterocycles. The van der Waals surface area contributed by atoms with Crippen molar-refractivity contribution in [2.75, 3.05) is 19.6 Å². The van der Waals surface area contributed by atoms with E-state index in [-0.39, 0.29) is 17.3 Å². The van der Waals surface area contributed by atoms with Gasteiger partial charge in [0.2, 0.25) is 15.9 Å². The van der Waals surface area contributed by atoms with Crippen LogP contribution >= 0.6 is 0 Å². The van der Waals surface area contributed by atoms with Crippen molar-refractivity contribution in [3.63, 3.8) is 0 Å². The molecule has 0 aromatic heterocycles. The molecule has 1 amide bonds. The van der Waals surface area contributed by atoms with Gasteiger partial charge in [-0.05, 0) is 51.0 Å². The van der Waals surface area contributed by atoms with Crippen LogP contribution in [0.5, 0.6) is 0 Å². The summed E-state index contributed by atoms with van der Waals surface area (Å²) in [5, 5.41) is 2.78. The molecule has 8 heteroatoms. The van der Waals surface area contributed by atoms with E-state index in [4.69, 9.17) is 5.73 Å². The molecule has 0 saturated carbocycles. The maximum atomic E-state index is 13.0. The molecule has 0 aliphatic carbocycles. The van der Waals surface area contributed by atoms with E-state index in [9.17, 15) is 17.6 Å². The van der Waals surface area contributed by atoms with Gasteiger partial charge in [-0.15, -0.1) is 0 Å². The Bertz CT molecular complexity index is 684. The summed E-state index contributed by atoms with van der Waals surface area (Å²) >= 11 is 0. The Kier molecular flexibility index (Phi) is 5.62. The topological polar surface area (TPSA) is 92.5 Å². The molecule has 1 aromatic rings. The Morgan fingerprint density at radius 2 is 2.00 bits per heavy atom. The largest absolute Gasteiger partial charge is 0.354 e. The van der Waals surface area contributed by atoms with Gasteiger partial charge in [0.05, 0.1) is 10.8 Å². The summed E-state index contributed by atoms with van der Waals surface area (Å²) in [5.41, 5.74) is 5.32. The smallest absolute Gasteiger partial charge is 0.243 e. The molecular formula is C16H24FN3O3S. The Morgan fingerprint density at radius 1 is 1.38 bits per heavy atom. The molecule has 1 aliphatic rings. The van der Waals surface area contributed by atoms with E-state index in [1.54, 1.807) is 13.8 Å². The van der Waals surface area contributed by atoms with E-state index < -0.39 is 27.3 Å². The first-order valence-corrected chi connectivity index (χ1v) is 9.36. The van der Waals surface area contributed by atoms with Crippen LogP contribution in [0.3, 0.4) is 0 Å². The van der Waals surface area contributed by atoms with Gasteiger partial charge in [0, 0.05) is 25.2 Å². The zero-order chi connectivity index (χ0) is 18.0. The van der Waals surface area contributed by atoms with Gasteiger partial charge < -0.3 is 11.1 Å². The molecule has 24 heavy (non-hydrogen) atoms. The average molecular weight is 357 g/mol. The van der Waals surface area contributed by atoms with Crippen molar-refractivity contribution in [3.8, 4) is 0 Å². The van der Waals surface area contributed by atoms with Crippen molar-refractivity contribution in [2.45, 2.75) is 37.1 Å². The third kappa shape index (κ3) is 4.75. The maximum Gasteiger partial charge on any atom is 0.243 e. The molecule has 0 bridgehead atoms. The third-order valence-electron chi connectivity index (χ3n) is 3.92. The van der Waals surface area contributed by atoms with Gasteiger partial charge in [0.15, 0.2) is 0 Å². The van der Waals surface area contributed by atoms with Gasteiger partial charge in [0.25, 0.3) is 0 Å². The fourth-order valence-electron chi connectivity index (χ4n) is 2.59. The molecule has 1 heterocycles. The SMILES string of the molecule is CC(C)(N)CNC(=O)C1CCCN(S(=O)(=O)c2ccc(F)cc2)C1. The monoisotopic (exact) mass is 357 g/mol. The van der Waals surface area contributed by atoms with Gasteiger partial charge in [-0.1, -0.05) is 0 Å². The van der Waals surface area contributed by atoms with Crippen LogP contribution < -0.4 is 11.1 Å². The lowest BCUT2D eigenvalue weighted by molar-refractivity contribution is -0.126. The number of hydrogen-bond donors (Lipinski definition) is 2. The average Bonchev–Trinajstić information content (AvgIpc) is 2.52. The second-order valence-electron chi connectivity index (χ2n) is 6.86. The number of hydrogen-bond acceptors (Lipinski definition) is 4. The first-order chi connectivity index (χ1) is 11.1. The molecule has 2 rings (SSSR count). The Morgan fingerprint density at radius 3 is 2.58 bits per heavy atom. The van der Waals surface area contributed by atoms with E-state index in [0.29, 0.717) is 25.9 Å². The third-order valence-corrected chi connectivity index (χ3v) is 5.80. The summed E-state index contributed by atoms with van der Waals surface area (Å²) in [7, 11) is -3.73. The standard InChI is InChI=1S/C16H24FN3O3S/c1-16(2,18)11-19-15(21)12-4-3-9-20(10-12)24(22,23)14-7-5-13(17)6-8-14/h5-8,12H,3-4,9-11,18H2,1-2H3,(H,19,21). The number of nitrogens with one attached hydrogen (secondary N) is 1. The first-order valence-electron chi connectivity index (χ1n) is 7.92. The molecule has 134 valence electrons. The molecule has 1 aliphatic heterocycles. The molecule has 1 aromatic carbocycles. The molecule has 1 atom stereocenters. The highest BCUT2D eigenvalue weighted by Crippen LogP contribution is 2.24. The van der Waals surface area contributed by atoms with E-state index in [1.165, 1.54) is 16.4 Å². The number of rotatable bonds is 5. The molecule has 3 N–H and O–H groups in total. The summed E-state index contributed by atoms with van der Waals surface area (Å²) in [4.78, 5) is 12.3. The number of nitrogens with two attached hydrogens (primary N) is 1. The Balaban J connectivity index is 2.07. The van der Waals surface area contributed by atoms with Crippen LogP contribution in [0.4, 0.5) is 4.39 Å². The van der Waals surface area contributed by atoms with E-state index in [0.717, 1.165) is 12.1 Å². The second-order valence-corrected chi connectivity index (χ2v) is 8.80. The van der Waals surface area contributed by atoms with Crippen LogP contribution in [-0.4, -0.2) is 43.8 Å². The van der Waals surface area contributed by atoms with E-state index in [2.05, 4.69) is 5.32 Å². The molecule has 1 unspecified atom stereocenters. The van der Waals surface area contributed by atoms with Gasteiger partial charge in [0.1, 0.15) is 5.82 Å². The van der Waals surface area contributed by atoms with Gasteiger partial charge in [-0.25, -0.2) is 12.8 Å². The highest BCUT2D eigenvalue weighted by atomic mass is 32.2. The quantitative estimate of drug-likeness (QED) is 0.825. The number of halogens is 1. The van der Waals surface area contributed by atoms with Crippen LogP contribution in [0, 0.1) is 11.7 Å².